The molecule has 0 fully saturated rings. The third-order valence-electron chi connectivity index (χ3n) is 3.13. The summed E-state index contributed by atoms with van der Waals surface area (Å²) in [5.74, 6) is -0.945. The fourth-order valence-corrected chi connectivity index (χ4v) is 2.12. The Hall–Kier alpha value is -3.28. The molecule has 0 saturated carbocycles. The number of ether oxygens (including phenoxy) is 2. The second kappa shape index (κ2) is 6.45. The van der Waals surface area contributed by atoms with Gasteiger partial charge in [0.25, 0.3) is 0 Å². The Morgan fingerprint density at radius 3 is 2.67 bits per heavy atom. The van der Waals surface area contributed by atoms with Crippen LogP contribution in [0.4, 0.5) is 4.39 Å². The van der Waals surface area contributed by atoms with Crippen molar-refractivity contribution in [3.63, 3.8) is 0 Å². The van der Waals surface area contributed by atoms with Crippen molar-refractivity contribution < 1.29 is 23.5 Å². The molecule has 2 aromatic carbocycles. The lowest BCUT2D eigenvalue weighted by Gasteiger charge is -2.01. The van der Waals surface area contributed by atoms with Crippen molar-refractivity contribution in [2.24, 2.45) is 4.99 Å². The lowest BCUT2D eigenvalue weighted by molar-refractivity contribution is -0.132. The number of benzene rings is 2. The topological polar surface area (TPSA) is 65.0 Å². The molecule has 5 nitrogen and oxygen atoms in total. The number of carbonyl (C=O) groups excluding carboxylic acids is 2. The van der Waals surface area contributed by atoms with Gasteiger partial charge in [0.15, 0.2) is 5.70 Å². The molecule has 3 rings (SSSR count). The highest BCUT2D eigenvalue weighted by molar-refractivity contribution is 6.12. The van der Waals surface area contributed by atoms with Crippen molar-refractivity contribution in [2.75, 3.05) is 0 Å². The van der Waals surface area contributed by atoms with Crippen LogP contribution in [0.5, 0.6) is 5.75 Å². The number of aliphatic imine (C=N–C) groups is 1. The highest BCUT2D eigenvalue weighted by atomic mass is 19.1. The number of hydrogen-bond donors (Lipinski definition) is 0. The zero-order chi connectivity index (χ0) is 17.1. The minimum absolute atomic E-state index is 0.106. The van der Waals surface area contributed by atoms with Crippen molar-refractivity contribution in [2.45, 2.75) is 6.92 Å². The van der Waals surface area contributed by atoms with Gasteiger partial charge in [0.2, 0.25) is 5.90 Å². The standard InChI is InChI=1S/C18H12FNO4/c1-11(21)23-15-4-2-3-12(9-15)10-16-18(22)24-17(20-16)13-5-7-14(19)8-6-13/h2-10H,1H3/b16-10-. The van der Waals surface area contributed by atoms with E-state index in [0.29, 0.717) is 16.9 Å². The average molecular weight is 325 g/mol. The molecular weight excluding hydrogens is 313 g/mol. The number of halogens is 1. The van der Waals surface area contributed by atoms with E-state index < -0.39 is 11.9 Å². The van der Waals surface area contributed by atoms with E-state index in [4.69, 9.17) is 9.47 Å². The minimum Gasteiger partial charge on any atom is -0.427 e. The number of carbonyl (C=O) groups is 2. The molecule has 0 bridgehead atoms. The lowest BCUT2D eigenvalue weighted by Crippen LogP contribution is -2.05. The van der Waals surface area contributed by atoms with Gasteiger partial charge in [-0.1, -0.05) is 12.1 Å². The molecule has 24 heavy (non-hydrogen) atoms. The Morgan fingerprint density at radius 1 is 1.21 bits per heavy atom. The number of cyclic esters (lactones) is 1. The van der Waals surface area contributed by atoms with Gasteiger partial charge < -0.3 is 9.47 Å². The highest BCUT2D eigenvalue weighted by Gasteiger charge is 2.24. The van der Waals surface area contributed by atoms with Gasteiger partial charge in [-0.3, -0.25) is 4.79 Å². The molecule has 1 heterocycles. The first-order chi connectivity index (χ1) is 11.5. The van der Waals surface area contributed by atoms with Crippen LogP contribution < -0.4 is 4.74 Å². The monoisotopic (exact) mass is 325 g/mol. The zero-order valence-corrected chi connectivity index (χ0v) is 12.7. The van der Waals surface area contributed by atoms with Gasteiger partial charge in [-0.2, -0.15) is 0 Å². The fourth-order valence-electron chi connectivity index (χ4n) is 2.12. The number of rotatable bonds is 3. The van der Waals surface area contributed by atoms with Crippen molar-refractivity contribution in [1.82, 2.24) is 0 Å². The smallest absolute Gasteiger partial charge is 0.363 e. The quantitative estimate of drug-likeness (QED) is 0.494. The summed E-state index contributed by atoms with van der Waals surface area (Å²) >= 11 is 0. The summed E-state index contributed by atoms with van der Waals surface area (Å²) < 4.78 is 23.0. The maximum absolute atomic E-state index is 12.9. The summed E-state index contributed by atoms with van der Waals surface area (Å²) in [6, 6.07) is 12.1. The fraction of sp³-hybridized carbons (Fsp3) is 0.0556. The zero-order valence-electron chi connectivity index (χ0n) is 12.7. The highest BCUT2D eigenvalue weighted by Crippen LogP contribution is 2.21. The molecule has 0 unspecified atom stereocenters. The lowest BCUT2D eigenvalue weighted by atomic mass is 10.2. The summed E-state index contributed by atoms with van der Waals surface area (Å²) in [5.41, 5.74) is 1.24. The van der Waals surface area contributed by atoms with Crippen LogP contribution in [-0.2, 0) is 14.3 Å². The van der Waals surface area contributed by atoms with E-state index in [1.165, 1.54) is 37.3 Å². The van der Waals surface area contributed by atoms with Gasteiger partial charge in [0, 0.05) is 12.5 Å². The third kappa shape index (κ3) is 3.55. The van der Waals surface area contributed by atoms with Crippen LogP contribution in [0, 0.1) is 5.82 Å². The number of hydrogen-bond acceptors (Lipinski definition) is 5. The van der Waals surface area contributed by atoms with E-state index in [-0.39, 0.29) is 17.4 Å². The van der Waals surface area contributed by atoms with E-state index >= 15 is 0 Å². The van der Waals surface area contributed by atoms with E-state index in [9.17, 15) is 14.0 Å². The molecule has 0 radical (unpaired) electrons. The molecule has 0 saturated heterocycles. The molecule has 6 heteroatoms. The average Bonchev–Trinajstić information content (AvgIpc) is 2.89. The maximum atomic E-state index is 12.9. The number of esters is 2. The van der Waals surface area contributed by atoms with E-state index in [1.807, 2.05) is 0 Å². The van der Waals surface area contributed by atoms with Gasteiger partial charge >= 0.3 is 11.9 Å². The van der Waals surface area contributed by atoms with Gasteiger partial charge in [-0.05, 0) is 48.0 Å². The summed E-state index contributed by atoms with van der Waals surface area (Å²) in [4.78, 5) is 27.0. The maximum Gasteiger partial charge on any atom is 0.363 e. The molecule has 0 aliphatic carbocycles. The van der Waals surface area contributed by atoms with Gasteiger partial charge in [0.1, 0.15) is 11.6 Å². The van der Waals surface area contributed by atoms with Gasteiger partial charge in [-0.15, -0.1) is 0 Å². The Kier molecular flexibility index (Phi) is 4.20. The molecule has 0 spiro atoms. The molecule has 1 aliphatic heterocycles. The van der Waals surface area contributed by atoms with Crippen LogP contribution in [0.15, 0.2) is 59.2 Å². The summed E-state index contributed by atoms with van der Waals surface area (Å²) in [5, 5.41) is 0. The predicted molar refractivity (Wildman–Crippen MR) is 84.8 cm³/mol. The van der Waals surface area contributed by atoms with Crippen molar-refractivity contribution in [1.29, 1.82) is 0 Å². The Labute approximate surface area is 137 Å². The van der Waals surface area contributed by atoms with Gasteiger partial charge in [0.05, 0.1) is 0 Å². The van der Waals surface area contributed by atoms with Crippen LogP contribution in [-0.4, -0.2) is 17.8 Å². The minimum atomic E-state index is -0.604. The first-order valence-corrected chi connectivity index (χ1v) is 7.08. The first kappa shape index (κ1) is 15.6. The Morgan fingerprint density at radius 2 is 1.96 bits per heavy atom. The van der Waals surface area contributed by atoms with E-state index in [2.05, 4.69) is 4.99 Å². The third-order valence-corrected chi connectivity index (χ3v) is 3.13. The Bertz CT molecular complexity index is 869. The summed E-state index contributed by atoms with van der Waals surface area (Å²) in [7, 11) is 0. The van der Waals surface area contributed by atoms with Crippen LogP contribution in [0.1, 0.15) is 18.1 Å². The van der Waals surface area contributed by atoms with Crippen LogP contribution in [0.2, 0.25) is 0 Å². The largest absolute Gasteiger partial charge is 0.427 e. The predicted octanol–water partition coefficient (Wildman–Crippen LogP) is 3.10. The molecule has 0 atom stereocenters. The van der Waals surface area contributed by atoms with E-state index in [0.717, 1.165) is 0 Å². The molecule has 0 amide bonds. The van der Waals surface area contributed by atoms with Crippen molar-refractivity contribution in [3.05, 3.63) is 71.2 Å². The van der Waals surface area contributed by atoms with Crippen LogP contribution >= 0.6 is 0 Å². The molecule has 0 N–H and O–H groups in total. The molecule has 1 aliphatic rings. The second-order valence-electron chi connectivity index (χ2n) is 5.01. The van der Waals surface area contributed by atoms with Crippen LogP contribution in [0.3, 0.4) is 0 Å². The normalized spacial score (nSPS) is 15.2. The molecule has 0 aromatic heterocycles. The van der Waals surface area contributed by atoms with E-state index in [1.54, 1.807) is 24.3 Å². The van der Waals surface area contributed by atoms with Crippen molar-refractivity contribution in [3.8, 4) is 5.75 Å². The molecule has 2 aromatic rings. The molecular formula is C18H12FNO4. The van der Waals surface area contributed by atoms with Crippen LogP contribution in [0.25, 0.3) is 6.08 Å². The SMILES string of the molecule is CC(=O)Oc1cccc(/C=C2\N=C(c3ccc(F)cc3)OC2=O)c1. The Balaban J connectivity index is 1.88. The summed E-state index contributed by atoms with van der Waals surface area (Å²) in [6.45, 7) is 1.30. The van der Waals surface area contributed by atoms with Gasteiger partial charge in [-0.25, -0.2) is 14.2 Å². The second-order valence-corrected chi connectivity index (χ2v) is 5.01. The first-order valence-electron chi connectivity index (χ1n) is 7.08. The molecule has 120 valence electrons. The van der Waals surface area contributed by atoms with Crippen molar-refractivity contribution >= 4 is 23.9 Å². The summed E-state index contributed by atoms with van der Waals surface area (Å²) in [6.07, 6.45) is 1.52. The number of nitrogens with zero attached hydrogens (tertiary/aromatic N) is 1.